The quantitative estimate of drug-likeness (QED) is 0.122. The summed E-state index contributed by atoms with van der Waals surface area (Å²) in [7, 11) is 1.60. The molecule has 0 spiro atoms. The van der Waals surface area contributed by atoms with E-state index >= 15 is 0 Å². The predicted molar refractivity (Wildman–Crippen MR) is 134 cm³/mol. The Hall–Kier alpha value is -1.26. The molecule has 0 aliphatic rings. The van der Waals surface area contributed by atoms with E-state index in [0.29, 0.717) is 13.2 Å². The third-order valence-electron chi connectivity index (χ3n) is 6.18. The Kier molecular flexibility index (Phi) is 22.0. The van der Waals surface area contributed by atoms with Crippen molar-refractivity contribution in [1.29, 1.82) is 0 Å². The van der Waals surface area contributed by atoms with Crippen LogP contribution in [0.25, 0.3) is 0 Å². The molecule has 1 atom stereocenters. The Morgan fingerprint density at radius 3 is 1.34 bits per heavy atom. The van der Waals surface area contributed by atoms with Crippen LogP contribution in [-0.2, 0) is 14.3 Å². The molecular weight excluding hydrogens is 402 g/mol. The van der Waals surface area contributed by atoms with Crippen LogP contribution in [0, 0.1) is 0 Å². The molecule has 190 valence electrons. The van der Waals surface area contributed by atoms with Gasteiger partial charge < -0.3 is 9.47 Å². The zero-order chi connectivity index (χ0) is 23.9. The highest BCUT2D eigenvalue weighted by Gasteiger charge is 2.24. The lowest BCUT2D eigenvalue weighted by atomic mass is 10.1. The normalized spacial score (nSPS) is 11.9. The number of carbonyl (C=O) groups excluding carboxylic acids is 2. The van der Waals surface area contributed by atoms with Crippen LogP contribution in [0.4, 0.5) is 4.79 Å². The summed E-state index contributed by atoms with van der Waals surface area (Å²) in [4.78, 5) is 25.6. The summed E-state index contributed by atoms with van der Waals surface area (Å²) in [6, 6.07) is -0.621. The van der Waals surface area contributed by atoms with Crippen molar-refractivity contribution < 1.29 is 19.1 Å². The molecule has 0 aromatic heterocycles. The number of hydrogen-bond acceptors (Lipinski definition) is 4. The molecule has 0 aromatic carbocycles. The van der Waals surface area contributed by atoms with Gasteiger partial charge in [0.1, 0.15) is 6.04 Å². The summed E-state index contributed by atoms with van der Waals surface area (Å²) in [6.07, 6.45) is 21.8. The molecule has 1 amide bonds. The van der Waals surface area contributed by atoms with Gasteiger partial charge in [-0.25, -0.2) is 9.59 Å². The molecule has 0 saturated carbocycles. The van der Waals surface area contributed by atoms with Crippen molar-refractivity contribution in [2.75, 3.05) is 20.3 Å². The smallest absolute Gasteiger partial charge is 0.410 e. The van der Waals surface area contributed by atoms with Crippen LogP contribution in [-0.4, -0.2) is 43.3 Å². The highest BCUT2D eigenvalue weighted by Crippen LogP contribution is 2.12. The summed E-state index contributed by atoms with van der Waals surface area (Å²) >= 11 is 0. The Morgan fingerprint density at radius 2 is 0.938 bits per heavy atom. The second-order valence-electron chi connectivity index (χ2n) is 9.23. The van der Waals surface area contributed by atoms with Gasteiger partial charge >= 0.3 is 12.1 Å². The lowest BCUT2D eigenvalue weighted by Gasteiger charge is -2.22. The van der Waals surface area contributed by atoms with Gasteiger partial charge in [-0.3, -0.25) is 4.90 Å². The molecular formula is C27H53NO4. The Bertz CT molecular complexity index is 441. The maximum Gasteiger partial charge on any atom is 0.410 e. The number of rotatable bonds is 22. The number of likely N-dealkylation sites (N-methyl/N-ethyl adjacent to an activating group) is 1. The van der Waals surface area contributed by atoms with Crippen LogP contribution in [0.5, 0.6) is 0 Å². The minimum absolute atomic E-state index is 0.355. The first-order valence-corrected chi connectivity index (χ1v) is 13.6. The van der Waals surface area contributed by atoms with Crippen molar-refractivity contribution in [2.24, 2.45) is 0 Å². The van der Waals surface area contributed by atoms with Gasteiger partial charge in [-0.05, 0) is 19.8 Å². The third kappa shape index (κ3) is 18.3. The Morgan fingerprint density at radius 1 is 0.594 bits per heavy atom. The molecule has 5 nitrogen and oxygen atoms in total. The van der Waals surface area contributed by atoms with Gasteiger partial charge in [0.25, 0.3) is 0 Å². The molecule has 0 aliphatic heterocycles. The standard InChI is InChI=1S/C27H53NO4/c1-5-7-9-11-13-14-15-16-17-18-20-21-23-31-26(29)25(3)28(4)27(30)32-24-22-19-12-10-8-6-2/h25H,5-24H2,1-4H3. The van der Waals surface area contributed by atoms with Crippen molar-refractivity contribution in [3.8, 4) is 0 Å². The van der Waals surface area contributed by atoms with Gasteiger partial charge in [0.15, 0.2) is 0 Å². The average Bonchev–Trinajstić information content (AvgIpc) is 2.80. The highest BCUT2D eigenvalue weighted by molar-refractivity contribution is 5.80. The van der Waals surface area contributed by atoms with Gasteiger partial charge in [-0.2, -0.15) is 0 Å². The molecule has 32 heavy (non-hydrogen) atoms. The fourth-order valence-electron chi connectivity index (χ4n) is 3.70. The number of ether oxygens (including phenoxy) is 2. The average molecular weight is 456 g/mol. The minimum Gasteiger partial charge on any atom is -0.464 e. The molecule has 0 N–H and O–H groups in total. The van der Waals surface area contributed by atoms with Crippen LogP contribution >= 0.6 is 0 Å². The Labute approximate surface area is 199 Å². The van der Waals surface area contributed by atoms with Crippen LogP contribution < -0.4 is 0 Å². The minimum atomic E-state index is -0.621. The second-order valence-corrected chi connectivity index (χ2v) is 9.23. The fraction of sp³-hybridized carbons (Fsp3) is 0.926. The van der Waals surface area contributed by atoms with E-state index in [4.69, 9.17) is 9.47 Å². The van der Waals surface area contributed by atoms with Crippen LogP contribution in [0.15, 0.2) is 0 Å². The third-order valence-corrected chi connectivity index (χ3v) is 6.18. The van der Waals surface area contributed by atoms with Gasteiger partial charge in [0, 0.05) is 7.05 Å². The topological polar surface area (TPSA) is 55.8 Å². The molecule has 0 aliphatic carbocycles. The molecule has 0 saturated heterocycles. The van der Waals surface area contributed by atoms with Crippen molar-refractivity contribution in [3.63, 3.8) is 0 Å². The monoisotopic (exact) mass is 455 g/mol. The zero-order valence-corrected chi connectivity index (χ0v) is 21.8. The van der Waals surface area contributed by atoms with Gasteiger partial charge in [-0.1, -0.05) is 117 Å². The second kappa shape index (κ2) is 22.9. The zero-order valence-electron chi connectivity index (χ0n) is 21.8. The maximum atomic E-state index is 12.2. The summed E-state index contributed by atoms with van der Waals surface area (Å²) < 4.78 is 10.6. The van der Waals surface area contributed by atoms with Crippen LogP contribution in [0.1, 0.15) is 136 Å². The van der Waals surface area contributed by atoms with Gasteiger partial charge in [-0.15, -0.1) is 0 Å². The van der Waals surface area contributed by atoms with E-state index in [1.54, 1.807) is 14.0 Å². The first-order chi connectivity index (χ1) is 15.5. The molecule has 0 rings (SSSR count). The van der Waals surface area contributed by atoms with Crippen molar-refractivity contribution in [2.45, 2.75) is 142 Å². The number of esters is 1. The van der Waals surface area contributed by atoms with Gasteiger partial charge in [0.2, 0.25) is 0 Å². The number of unbranched alkanes of at least 4 members (excludes halogenated alkanes) is 16. The molecule has 0 bridgehead atoms. The van der Waals surface area contributed by atoms with E-state index in [1.165, 1.54) is 94.8 Å². The van der Waals surface area contributed by atoms with E-state index < -0.39 is 12.1 Å². The molecule has 0 fully saturated rings. The SMILES string of the molecule is CCCCCCCCCCCCCCOC(=O)C(C)N(C)C(=O)OCCCCCCCC. The van der Waals surface area contributed by atoms with Crippen molar-refractivity contribution in [1.82, 2.24) is 4.90 Å². The van der Waals surface area contributed by atoms with Crippen molar-refractivity contribution in [3.05, 3.63) is 0 Å². The van der Waals surface area contributed by atoms with Gasteiger partial charge in [0.05, 0.1) is 13.2 Å². The Balaban J connectivity index is 3.62. The predicted octanol–water partition coefficient (Wildman–Crippen LogP) is 8.05. The van der Waals surface area contributed by atoms with E-state index in [-0.39, 0.29) is 5.97 Å². The lowest BCUT2D eigenvalue weighted by molar-refractivity contribution is -0.148. The first kappa shape index (κ1) is 30.7. The van der Waals surface area contributed by atoms with Crippen molar-refractivity contribution >= 4 is 12.1 Å². The highest BCUT2D eigenvalue weighted by atomic mass is 16.6. The molecule has 0 heterocycles. The van der Waals surface area contributed by atoms with E-state index in [9.17, 15) is 9.59 Å². The molecule has 0 aromatic rings. The number of nitrogens with zero attached hydrogens (tertiary/aromatic N) is 1. The number of carbonyl (C=O) groups is 2. The van der Waals surface area contributed by atoms with E-state index in [1.807, 2.05) is 0 Å². The number of amides is 1. The summed E-state index contributed by atoms with van der Waals surface area (Å²) in [5.74, 6) is -0.355. The van der Waals surface area contributed by atoms with Crippen LogP contribution in [0.3, 0.4) is 0 Å². The number of hydrogen-bond donors (Lipinski definition) is 0. The van der Waals surface area contributed by atoms with E-state index in [0.717, 1.165) is 25.7 Å². The first-order valence-electron chi connectivity index (χ1n) is 13.6. The van der Waals surface area contributed by atoms with E-state index in [2.05, 4.69) is 13.8 Å². The molecule has 1 unspecified atom stereocenters. The lowest BCUT2D eigenvalue weighted by Crippen LogP contribution is -2.41. The molecule has 0 radical (unpaired) electrons. The molecule has 5 heteroatoms. The fourth-order valence-corrected chi connectivity index (χ4v) is 3.70. The largest absolute Gasteiger partial charge is 0.464 e. The van der Waals surface area contributed by atoms with Crippen LogP contribution in [0.2, 0.25) is 0 Å². The summed E-state index contributed by atoms with van der Waals surface area (Å²) in [5.41, 5.74) is 0. The maximum absolute atomic E-state index is 12.2. The summed E-state index contributed by atoms with van der Waals surface area (Å²) in [5, 5.41) is 0. The summed E-state index contributed by atoms with van der Waals surface area (Å²) in [6.45, 7) is 6.99.